The Hall–Kier alpha value is -1.84. The molecule has 3 heterocycles. The highest BCUT2D eigenvalue weighted by molar-refractivity contribution is 6.29. The highest BCUT2D eigenvalue weighted by Crippen LogP contribution is 2.29. The Morgan fingerprint density at radius 2 is 2.10 bits per heavy atom. The van der Waals surface area contributed by atoms with Crippen LogP contribution in [-0.4, -0.2) is 16.1 Å². The van der Waals surface area contributed by atoms with Crippen molar-refractivity contribution in [3.63, 3.8) is 0 Å². The zero-order valence-electron chi connectivity index (χ0n) is 11.6. The van der Waals surface area contributed by atoms with Crippen LogP contribution in [0.4, 0.5) is 0 Å². The van der Waals surface area contributed by atoms with Gasteiger partial charge in [0.05, 0.1) is 0 Å². The van der Waals surface area contributed by atoms with E-state index in [4.69, 9.17) is 11.6 Å². The molecule has 0 atom stereocenters. The second-order valence-corrected chi connectivity index (χ2v) is 5.83. The summed E-state index contributed by atoms with van der Waals surface area (Å²) in [4.78, 5) is 4.19. The molecule has 0 bridgehead atoms. The molecular formula is C17H16ClN3. The van der Waals surface area contributed by atoms with Crippen molar-refractivity contribution < 1.29 is 0 Å². The minimum atomic E-state index is 0.541. The van der Waals surface area contributed by atoms with E-state index in [1.165, 1.54) is 27.7 Å². The fraction of sp³-hybridized carbons (Fsp3) is 0.235. The lowest BCUT2D eigenvalue weighted by molar-refractivity contribution is 0.602. The van der Waals surface area contributed by atoms with Crippen LogP contribution in [0.1, 0.15) is 16.8 Å². The quantitative estimate of drug-likeness (QED) is 0.735. The number of pyridine rings is 1. The van der Waals surface area contributed by atoms with Crippen molar-refractivity contribution in [2.75, 3.05) is 6.54 Å². The largest absolute Gasteiger partial charge is 0.339 e. The maximum atomic E-state index is 5.88. The van der Waals surface area contributed by atoms with Gasteiger partial charge in [0.25, 0.3) is 0 Å². The van der Waals surface area contributed by atoms with Crippen LogP contribution in [0.15, 0.2) is 42.6 Å². The molecule has 0 unspecified atom stereocenters. The van der Waals surface area contributed by atoms with Crippen LogP contribution in [-0.2, 0) is 19.5 Å². The van der Waals surface area contributed by atoms with E-state index in [1.807, 2.05) is 18.3 Å². The van der Waals surface area contributed by atoms with Crippen LogP contribution in [0.25, 0.3) is 10.9 Å². The molecule has 3 aromatic rings. The number of halogens is 1. The number of nitrogens with zero attached hydrogens (tertiary/aromatic N) is 2. The summed E-state index contributed by atoms with van der Waals surface area (Å²) in [7, 11) is 0. The third kappa shape index (κ3) is 2.23. The molecule has 0 saturated carbocycles. The molecule has 0 aliphatic carbocycles. The van der Waals surface area contributed by atoms with E-state index >= 15 is 0 Å². The fourth-order valence-electron chi connectivity index (χ4n) is 3.19. The predicted molar refractivity (Wildman–Crippen MR) is 85.7 cm³/mol. The van der Waals surface area contributed by atoms with E-state index in [9.17, 15) is 0 Å². The fourth-order valence-corrected chi connectivity index (χ4v) is 3.30. The molecule has 21 heavy (non-hydrogen) atoms. The van der Waals surface area contributed by atoms with Crippen LogP contribution in [0, 0.1) is 0 Å². The summed E-state index contributed by atoms with van der Waals surface area (Å²) in [5.74, 6) is 0. The maximum absolute atomic E-state index is 5.88. The number of benzene rings is 1. The highest BCUT2D eigenvalue weighted by Gasteiger charge is 2.19. The van der Waals surface area contributed by atoms with Crippen LogP contribution in [0.5, 0.6) is 0 Å². The summed E-state index contributed by atoms with van der Waals surface area (Å²) in [6, 6.07) is 12.6. The molecule has 1 N–H and O–H groups in total. The minimum absolute atomic E-state index is 0.541. The molecule has 2 aromatic heterocycles. The molecule has 0 fully saturated rings. The standard InChI is InChI=1S/C17H16ClN3/c18-17-6-5-12(9-20-17)11-21-15-4-2-1-3-13(15)14-7-8-19-10-16(14)21/h1-6,9,19H,7-8,10-11H2. The van der Waals surface area contributed by atoms with Gasteiger partial charge in [-0.25, -0.2) is 4.98 Å². The van der Waals surface area contributed by atoms with Crippen molar-refractivity contribution in [3.8, 4) is 0 Å². The molecule has 1 aliphatic heterocycles. The number of nitrogens with one attached hydrogen (secondary N) is 1. The van der Waals surface area contributed by atoms with Gasteiger partial charge in [-0.1, -0.05) is 35.9 Å². The second kappa shape index (κ2) is 5.17. The number of aromatic nitrogens is 2. The average Bonchev–Trinajstić information content (AvgIpc) is 2.85. The van der Waals surface area contributed by atoms with Gasteiger partial charge in [0.15, 0.2) is 0 Å². The number of hydrogen-bond acceptors (Lipinski definition) is 2. The predicted octanol–water partition coefficient (Wildman–Crippen LogP) is 3.38. The van der Waals surface area contributed by atoms with E-state index in [1.54, 1.807) is 0 Å². The third-order valence-corrected chi connectivity index (χ3v) is 4.39. The van der Waals surface area contributed by atoms with Crippen LogP contribution >= 0.6 is 11.6 Å². The molecular weight excluding hydrogens is 282 g/mol. The van der Waals surface area contributed by atoms with Crippen molar-refractivity contribution >= 4 is 22.5 Å². The molecule has 3 nitrogen and oxygen atoms in total. The van der Waals surface area contributed by atoms with E-state index in [-0.39, 0.29) is 0 Å². The van der Waals surface area contributed by atoms with Crippen LogP contribution in [0.3, 0.4) is 0 Å². The van der Waals surface area contributed by atoms with Gasteiger partial charge in [-0.05, 0) is 36.2 Å². The first-order chi connectivity index (χ1) is 10.3. The minimum Gasteiger partial charge on any atom is -0.339 e. The van der Waals surface area contributed by atoms with Gasteiger partial charge in [-0.2, -0.15) is 0 Å². The second-order valence-electron chi connectivity index (χ2n) is 5.44. The Morgan fingerprint density at radius 1 is 1.19 bits per heavy atom. The summed E-state index contributed by atoms with van der Waals surface area (Å²) in [5, 5.41) is 5.41. The Labute approximate surface area is 128 Å². The summed E-state index contributed by atoms with van der Waals surface area (Å²) >= 11 is 5.88. The summed E-state index contributed by atoms with van der Waals surface area (Å²) in [6.45, 7) is 2.83. The summed E-state index contributed by atoms with van der Waals surface area (Å²) in [5.41, 5.74) is 5.37. The Bertz CT molecular complexity index is 790. The van der Waals surface area contributed by atoms with Gasteiger partial charge < -0.3 is 9.88 Å². The first-order valence-corrected chi connectivity index (χ1v) is 7.61. The molecule has 106 valence electrons. The van der Waals surface area contributed by atoms with Crippen molar-refractivity contribution in [1.82, 2.24) is 14.9 Å². The number of fused-ring (bicyclic) bond motifs is 3. The summed E-state index contributed by atoms with van der Waals surface area (Å²) in [6.07, 6.45) is 2.96. The monoisotopic (exact) mass is 297 g/mol. The normalized spacial score (nSPS) is 14.3. The molecule has 0 saturated heterocycles. The number of hydrogen-bond donors (Lipinski definition) is 1. The van der Waals surface area contributed by atoms with Gasteiger partial charge in [-0.3, -0.25) is 0 Å². The first-order valence-electron chi connectivity index (χ1n) is 7.23. The summed E-state index contributed by atoms with van der Waals surface area (Å²) < 4.78 is 2.40. The average molecular weight is 298 g/mol. The van der Waals surface area contributed by atoms with Crippen LogP contribution in [0.2, 0.25) is 5.15 Å². The van der Waals surface area contributed by atoms with Gasteiger partial charge in [-0.15, -0.1) is 0 Å². The molecule has 4 rings (SSSR count). The van der Waals surface area contributed by atoms with Crippen molar-refractivity contribution in [1.29, 1.82) is 0 Å². The van der Waals surface area contributed by atoms with Crippen molar-refractivity contribution in [2.45, 2.75) is 19.5 Å². The smallest absolute Gasteiger partial charge is 0.129 e. The SMILES string of the molecule is Clc1ccc(Cn2c3c(c4ccccc42)CCNC3)cn1. The van der Waals surface area contributed by atoms with Gasteiger partial charge in [0.2, 0.25) is 0 Å². The van der Waals surface area contributed by atoms with Gasteiger partial charge in [0.1, 0.15) is 5.15 Å². The van der Waals surface area contributed by atoms with Crippen LogP contribution < -0.4 is 5.32 Å². The van der Waals surface area contributed by atoms with Gasteiger partial charge in [0, 0.05) is 35.9 Å². The van der Waals surface area contributed by atoms with E-state index in [0.29, 0.717) is 5.15 Å². The van der Waals surface area contributed by atoms with E-state index < -0.39 is 0 Å². The molecule has 0 spiro atoms. The van der Waals surface area contributed by atoms with E-state index in [0.717, 1.165) is 26.1 Å². The number of rotatable bonds is 2. The Kier molecular flexibility index (Phi) is 3.17. The van der Waals surface area contributed by atoms with Gasteiger partial charge >= 0.3 is 0 Å². The van der Waals surface area contributed by atoms with Crippen molar-refractivity contribution in [2.24, 2.45) is 0 Å². The zero-order valence-corrected chi connectivity index (χ0v) is 12.4. The lowest BCUT2D eigenvalue weighted by Crippen LogP contribution is -2.25. The zero-order chi connectivity index (χ0) is 14.2. The first kappa shape index (κ1) is 12.9. The lowest BCUT2D eigenvalue weighted by Gasteiger charge is -2.17. The lowest BCUT2D eigenvalue weighted by atomic mass is 10.1. The van der Waals surface area contributed by atoms with E-state index in [2.05, 4.69) is 39.1 Å². The molecule has 1 aliphatic rings. The maximum Gasteiger partial charge on any atom is 0.129 e. The number of para-hydroxylation sites is 1. The molecule has 0 radical (unpaired) electrons. The topological polar surface area (TPSA) is 29.9 Å². The third-order valence-electron chi connectivity index (χ3n) is 4.17. The highest BCUT2D eigenvalue weighted by atomic mass is 35.5. The van der Waals surface area contributed by atoms with Crippen molar-refractivity contribution in [3.05, 3.63) is 64.6 Å². The Morgan fingerprint density at radius 3 is 2.95 bits per heavy atom. The Balaban J connectivity index is 1.85. The molecule has 4 heteroatoms. The molecule has 1 aromatic carbocycles. The molecule has 0 amide bonds.